The molecule has 1 aliphatic rings. The van der Waals surface area contributed by atoms with E-state index in [1.165, 1.54) is 0 Å². The van der Waals surface area contributed by atoms with Crippen LogP contribution in [0.5, 0.6) is 5.75 Å². The van der Waals surface area contributed by atoms with Gasteiger partial charge in [-0.1, -0.05) is 17.7 Å². The Kier molecular flexibility index (Phi) is 3.71. The average molecular weight is 279 g/mol. The maximum Gasteiger partial charge on any atom is 0.235 e. The second-order valence-corrected chi connectivity index (χ2v) is 5.06. The van der Waals surface area contributed by atoms with Crippen LogP contribution < -0.4 is 10.1 Å². The summed E-state index contributed by atoms with van der Waals surface area (Å²) < 4.78 is 11.5. The second-order valence-electron chi connectivity index (χ2n) is 4.62. The van der Waals surface area contributed by atoms with Gasteiger partial charge in [-0.2, -0.15) is 0 Å². The normalized spacial score (nSPS) is 20.4. The third kappa shape index (κ3) is 2.91. The van der Waals surface area contributed by atoms with Crippen molar-refractivity contribution in [1.29, 1.82) is 0 Å². The lowest BCUT2D eigenvalue weighted by atomic mass is 10.0. The molecule has 0 aliphatic carbocycles. The van der Waals surface area contributed by atoms with Gasteiger partial charge in [0.1, 0.15) is 12.0 Å². The van der Waals surface area contributed by atoms with Crippen LogP contribution in [0.2, 0.25) is 5.02 Å². The van der Waals surface area contributed by atoms with Crippen LogP contribution in [0.1, 0.15) is 18.4 Å². The molecular formula is C14H15ClN2O2. The van der Waals surface area contributed by atoms with Crippen LogP contribution in [-0.4, -0.2) is 18.1 Å². The van der Waals surface area contributed by atoms with E-state index in [0.717, 1.165) is 25.3 Å². The van der Waals surface area contributed by atoms with E-state index in [2.05, 4.69) is 10.3 Å². The summed E-state index contributed by atoms with van der Waals surface area (Å²) in [5.41, 5.74) is 0. The lowest BCUT2D eigenvalue weighted by Gasteiger charge is -2.21. The second kappa shape index (κ2) is 5.63. The highest BCUT2D eigenvalue weighted by Crippen LogP contribution is 2.31. The quantitative estimate of drug-likeness (QED) is 0.934. The number of rotatable bonds is 4. The van der Waals surface area contributed by atoms with Gasteiger partial charge in [0.2, 0.25) is 5.89 Å². The number of aromatic nitrogens is 1. The molecule has 2 unspecified atom stereocenters. The monoisotopic (exact) mass is 278 g/mol. The van der Waals surface area contributed by atoms with Gasteiger partial charge in [0.05, 0.1) is 6.20 Å². The Morgan fingerprint density at radius 2 is 2.42 bits per heavy atom. The largest absolute Gasteiger partial charge is 0.480 e. The molecule has 0 spiro atoms. The molecule has 4 nitrogen and oxygen atoms in total. The molecule has 1 aromatic heterocycles. The van der Waals surface area contributed by atoms with Crippen LogP contribution in [0.25, 0.3) is 0 Å². The molecule has 3 rings (SSSR count). The van der Waals surface area contributed by atoms with Crippen molar-refractivity contribution in [3.8, 4) is 5.75 Å². The highest BCUT2D eigenvalue weighted by atomic mass is 35.5. The van der Waals surface area contributed by atoms with E-state index in [9.17, 15) is 0 Å². The van der Waals surface area contributed by atoms with E-state index in [1.807, 2.05) is 18.2 Å². The van der Waals surface area contributed by atoms with Gasteiger partial charge < -0.3 is 14.5 Å². The number of hydrogen-bond donors (Lipinski definition) is 1. The molecule has 19 heavy (non-hydrogen) atoms. The lowest BCUT2D eigenvalue weighted by Crippen LogP contribution is -2.21. The molecule has 5 heteroatoms. The minimum Gasteiger partial charge on any atom is -0.480 e. The van der Waals surface area contributed by atoms with E-state index >= 15 is 0 Å². The van der Waals surface area contributed by atoms with Crippen LogP contribution in [0.3, 0.4) is 0 Å². The first kappa shape index (κ1) is 12.5. The Balaban J connectivity index is 1.83. The van der Waals surface area contributed by atoms with Crippen molar-refractivity contribution < 1.29 is 9.15 Å². The third-order valence-corrected chi connectivity index (χ3v) is 3.52. The SMILES string of the molecule is Clc1cccc(OC(c2ncco2)C2CCNC2)c1. The molecule has 2 heterocycles. The van der Waals surface area contributed by atoms with Gasteiger partial charge in [-0.15, -0.1) is 0 Å². The fraction of sp³-hybridized carbons (Fsp3) is 0.357. The number of oxazole rings is 1. The number of ether oxygens (including phenoxy) is 1. The maximum atomic E-state index is 6.04. The van der Waals surface area contributed by atoms with Crippen LogP contribution in [0.15, 0.2) is 41.1 Å². The Morgan fingerprint density at radius 3 is 3.11 bits per heavy atom. The molecule has 1 saturated heterocycles. The number of nitrogens with zero attached hydrogens (tertiary/aromatic N) is 1. The van der Waals surface area contributed by atoms with Crippen LogP contribution in [0.4, 0.5) is 0 Å². The predicted octanol–water partition coefficient (Wildman–Crippen LogP) is 3.06. The van der Waals surface area contributed by atoms with Gasteiger partial charge in [0.25, 0.3) is 0 Å². The summed E-state index contributed by atoms with van der Waals surface area (Å²) in [6.07, 6.45) is 4.09. The molecule has 100 valence electrons. The Hall–Kier alpha value is -1.52. The van der Waals surface area contributed by atoms with Crippen molar-refractivity contribution in [3.05, 3.63) is 47.6 Å². The molecule has 0 amide bonds. The molecule has 1 fully saturated rings. The van der Waals surface area contributed by atoms with Crippen LogP contribution in [-0.2, 0) is 0 Å². The van der Waals surface area contributed by atoms with Crippen LogP contribution >= 0.6 is 11.6 Å². The minimum atomic E-state index is -0.177. The fourth-order valence-corrected chi connectivity index (χ4v) is 2.53. The Labute approximate surface area is 116 Å². The summed E-state index contributed by atoms with van der Waals surface area (Å²) in [6.45, 7) is 1.91. The summed E-state index contributed by atoms with van der Waals surface area (Å²) in [5, 5.41) is 4.00. The maximum absolute atomic E-state index is 6.04. The Morgan fingerprint density at radius 1 is 1.47 bits per heavy atom. The van der Waals surface area contributed by atoms with Gasteiger partial charge in [0.15, 0.2) is 6.10 Å². The van der Waals surface area contributed by atoms with Crippen LogP contribution in [0, 0.1) is 5.92 Å². The van der Waals surface area contributed by atoms with Gasteiger partial charge in [-0.05, 0) is 31.2 Å². The first-order valence-corrected chi connectivity index (χ1v) is 6.73. The van der Waals surface area contributed by atoms with Crippen molar-refractivity contribution in [2.24, 2.45) is 5.92 Å². The molecule has 1 aliphatic heterocycles. The molecule has 2 aromatic rings. The van der Waals surface area contributed by atoms with Crippen molar-refractivity contribution in [1.82, 2.24) is 10.3 Å². The van der Waals surface area contributed by atoms with Gasteiger partial charge in [0, 0.05) is 17.5 Å². The van der Waals surface area contributed by atoms with Crippen molar-refractivity contribution in [2.75, 3.05) is 13.1 Å². The summed E-state index contributed by atoms with van der Waals surface area (Å²) in [5.74, 6) is 1.72. The van der Waals surface area contributed by atoms with Gasteiger partial charge in [-0.25, -0.2) is 4.98 Å². The number of nitrogens with one attached hydrogen (secondary N) is 1. The zero-order valence-electron chi connectivity index (χ0n) is 10.4. The molecular weight excluding hydrogens is 264 g/mol. The summed E-state index contributed by atoms with van der Waals surface area (Å²) in [4.78, 5) is 4.23. The third-order valence-electron chi connectivity index (χ3n) is 3.28. The van der Waals surface area contributed by atoms with E-state index in [1.54, 1.807) is 18.5 Å². The van der Waals surface area contributed by atoms with Gasteiger partial charge in [-0.3, -0.25) is 0 Å². The molecule has 2 atom stereocenters. The number of benzene rings is 1. The highest BCUT2D eigenvalue weighted by molar-refractivity contribution is 6.30. The predicted molar refractivity (Wildman–Crippen MR) is 72.3 cm³/mol. The smallest absolute Gasteiger partial charge is 0.235 e. The van der Waals surface area contributed by atoms with E-state index in [-0.39, 0.29) is 6.10 Å². The van der Waals surface area contributed by atoms with Crippen molar-refractivity contribution >= 4 is 11.6 Å². The first-order chi connectivity index (χ1) is 9.33. The number of halogens is 1. The van der Waals surface area contributed by atoms with E-state index in [0.29, 0.717) is 16.8 Å². The summed E-state index contributed by atoms with van der Waals surface area (Å²) in [6, 6.07) is 7.40. The Bertz CT molecular complexity index is 524. The highest BCUT2D eigenvalue weighted by Gasteiger charge is 2.31. The summed E-state index contributed by atoms with van der Waals surface area (Å²) >= 11 is 5.98. The number of hydrogen-bond acceptors (Lipinski definition) is 4. The van der Waals surface area contributed by atoms with Crippen molar-refractivity contribution in [2.45, 2.75) is 12.5 Å². The lowest BCUT2D eigenvalue weighted by molar-refractivity contribution is 0.114. The fourth-order valence-electron chi connectivity index (χ4n) is 2.35. The molecule has 1 aromatic carbocycles. The van der Waals surface area contributed by atoms with Gasteiger partial charge >= 0.3 is 0 Å². The first-order valence-electron chi connectivity index (χ1n) is 6.35. The van der Waals surface area contributed by atoms with E-state index in [4.69, 9.17) is 20.8 Å². The minimum absolute atomic E-state index is 0.177. The topological polar surface area (TPSA) is 47.3 Å². The molecule has 1 N–H and O–H groups in total. The summed E-state index contributed by atoms with van der Waals surface area (Å²) in [7, 11) is 0. The molecule has 0 saturated carbocycles. The van der Waals surface area contributed by atoms with E-state index < -0.39 is 0 Å². The standard InChI is InChI=1S/C14H15ClN2O2/c15-11-2-1-3-12(8-11)19-13(10-4-5-16-9-10)14-17-6-7-18-14/h1-3,6-8,10,13,16H,4-5,9H2. The molecule has 0 bridgehead atoms. The zero-order chi connectivity index (χ0) is 13.1. The molecule has 0 radical (unpaired) electrons. The average Bonchev–Trinajstić information content (AvgIpc) is 3.10. The van der Waals surface area contributed by atoms with Crippen molar-refractivity contribution in [3.63, 3.8) is 0 Å². The zero-order valence-corrected chi connectivity index (χ0v) is 11.1.